The summed E-state index contributed by atoms with van der Waals surface area (Å²) in [5, 5.41) is 9.09. The Balaban J connectivity index is 3.30. The molecule has 88 valence electrons. The second-order valence-corrected chi connectivity index (χ2v) is 6.05. The standard InChI is InChI=1S/C11H12Br2O3/c1-11(2,3)16-9-7(10(14)15)4-6(12)5-8(9)13/h4-5H,1-3H3,(H,14,15). The van der Waals surface area contributed by atoms with Crippen LogP contribution >= 0.6 is 31.9 Å². The van der Waals surface area contributed by atoms with E-state index < -0.39 is 11.6 Å². The highest BCUT2D eigenvalue weighted by atomic mass is 79.9. The summed E-state index contributed by atoms with van der Waals surface area (Å²) in [5.41, 5.74) is -0.309. The summed E-state index contributed by atoms with van der Waals surface area (Å²) in [5.74, 6) is -0.663. The molecule has 1 rings (SSSR count). The molecular weight excluding hydrogens is 340 g/mol. The Morgan fingerprint density at radius 3 is 2.31 bits per heavy atom. The van der Waals surface area contributed by atoms with Crippen molar-refractivity contribution in [3.05, 3.63) is 26.6 Å². The maximum atomic E-state index is 11.1. The third kappa shape index (κ3) is 3.49. The van der Waals surface area contributed by atoms with Gasteiger partial charge >= 0.3 is 5.97 Å². The van der Waals surface area contributed by atoms with E-state index in [0.717, 1.165) is 0 Å². The van der Waals surface area contributed by atoms with Crippen molar-refractivity contribution in [1.29, 1.82) is 0 Å². The molecule has 0 heterocycles. The van der Waals surface area contributed by atoms with Crippen molar-refractivity contribution in [1.82, 2.24) is 0 Å². The minimum absolute atomic E-state index is 0.135. The Labute approximate surface area is 111 Å². The van der Waals surface area contributed by atoms with Crippen LogP contribution in [0.1, 0.15) is 31.1 Å². The molecular formula is C11H12Br2O3. The molecule has 3 nitrogen and oxygen atoms in total. The van der Waals surface area contributed by atoms with Crippen LogP contribution in [-0.2, 0) is 0 Å². The average Bonchev–Trinajstić information content (AvgIpc) is 2.07. The first-order valence-corrected chi connectivity index (χ1v) is 6.20. The number of ether oxygens (including phenoxy) is 1. The zero-order valence-electron chi connectivity index (χ0n) is 9.17. The molecule has 0 bridgehead atoms. The summed E-state index contributed by atoms with van der Waals surface area (Å²) in [6, 6.07) is 3.28. The van der Waals surface area contributed by atoms with Crippen LogP contribution in [0.25, 0.3) is 0 Å². The van der Waals surface area contributed by atoms with Crippen LogP contribution in [0.15, 0.2) is 21.1 Å². The largest absolute Gasteiger partial charge is 0.486 e. The lowest BCUT2D eigenvalue weighted by Gasteiger charge is -2.23. The summed E-state index contributed by atoms with van der Waals surface area (Å²) < 4.78 is 6.94. The zero-order chi connectivity index (χ0) is 12.5. The van der Waals surface area contributed by atoms with E-state index in [1.807, 2.05) is 20.8 Å². The second kappa shape index (κ2) is 4.75. The number of carboxylic acids is 1. The van der Waals surface area contributed by atoms with E-state index in [1.165, 1.54) is 6.07 Å². The van der Waals surface area contributed by atoms with Crippen LogP contribution < -0.4 is 4.74 Å². The highest BCUT2D eigenvalue weighted by Gasteiger charge is 2.21. The fourth-order valence-corrected chi connectivity index (χ4v) is 2.44. The van der Waals surface area contributed by atoms with Crippen LogP contribution in [0.4, 0.5) is 0 Å². The Hall–Kier alpha value is -0.550. The molecule has 0 unspecified atom stereocenters. The van der Waals surface area contributed by atoms with Gasteiger partial charge in [0.1, 0.15) is 16.9 Å². The van der Waals surface area contributed by atoms with Gasteiger partial charge in [0.15, 0.2) is 0 Å². The number of aromatic carboxylic acids is 1. The number of hydrogen-bond acceptors (Lipinski definition) is 2. The molecule has 0 atom stereocenters. The molecule has 0 aliphatic heterocycles. The first-order valence-electron chi connectivity index (χ1n) is 4.62. The van der Waals surface area contributed by atoms with Gasteiger partial charge in [-0.05, 0) is 48.8 Å². The van der Waals surface area contributed by atoms with Crippen LogP contribution in [0, 0.1) is 0 Å². The SMILES string of the molecule is CC(C)(C)Oc1c(Br)cc(Br)cc1C(=O)O. The molecule has 1 aromatic rings. The fourth-order valence-electron chi connectivity index (χ4n) is 1.13. The minimum Gasteiger partial charge on any atom is -0.486 e. The molecule has 0 fully saturated rings. The van der Waals surface area contributed by atoms with Gasteiger partial charge in [-0.2, -0.15) is 0 Å². The Morgan fingerprint density at radius 1 is 1.31 bits per heavy atom. The lowest BCUT2D eigenvalue weighted by Crippen LogP contribution is -2.24. The molecule has 5 heteroatoms. The summed E-state index contributed by atoms with van der Waals surface area (Å²) in [7, 11) is 0. The van der Waals surface area contributed by atoms with E-state index in [2.05, 4.69) is 31.9 Å². The Kier molecular flexibility index (Phi) is 4.02. The maximum Gasteiger partial charge on any atom is 0.339 e. The number of carbonyl (C=O) groups is 1. The molecule has 0 aliphatic rings. The predicted molar refractivity (Wildman–Crippen MR) is 69.2 cm³/mol. The zero-order valence-corrected chi connectivity index (χ0v) is 12.3. The Bertz CT molecular complexity index is 422. The van der Waals surface area contributed by atoms with Gasteiger partial charge in [0.25, 0.3) is 0 Å². The highest BCUT2D eigenvalue weighted by Crippen LogP contribution is 2.35. The van der Waals surface area contributed by atoms with Crippen LogP contribution in [0.5, 0.6) is 5.75 Å². The van der Waals surface area contributed by atoms with Gasteiger partial charge < -0.3 is 9.84 Å². The van der Waals surface area contributed by atoms with Crippen molar-refractivity contribution >= 4 is 37.8 Å². The van der Waals surface area contributed by atoms with Crippen molar-refractivity contribution in [3.63, 3.8) is 0 Å². The Morgan fingerprint density at radius 2 is 1.88 bits per heavy atom. The number of hydrogen-bond donors (Lipinski definition) is 1. The predicted octanol–water partition coefficient (Wildman–Crippen LogP) is 4.09. The quantitative estimate of drug-likeness (QED) is 0.872. The topological polar surface area (TPSA) is 46.5 Å². The third-order valence-corrected chi connectivity index (χ3v) is 2.69. The summed E-state index contributed by atoms with van der Waals surface area (Å²) in [4.78, 5) is 11.1. The third-order valence-electron chi connectivity index (χ3n) is 1.65. The monoisotopic (exact) mass is 350 g/mol. The number of benzene rings is 1. The van der Waals surface area contributed by atoms with Gasteiger partial charge in [-0.3, -0.25) is 0 Å². The first-order chi connectivity index (χ1) is 7.20. The molecule has 0 aromatic heterocycles. The minimum atomic E-state index is -1.01. The molecule has 16 heavy (non-hydrogen) atoms. The normalized spacial score (nSPS) is 11.3. The van der Waals surface area contributed by atoms with Crippen LogP contribution in [-0.4, -0.2) is 16.7 Å². The lowest BCUT2D eigenvalue weighted by atomic mass is 10.1. The highest BCUT2D eigenvalue weighted by molar-refractivity contribution is 9.11. The van der Waals surface area contributed by atoms with E-state index >= 15 is 0 Å². The van der Waals surface area contributed by atoms with E-state index in [1.54, 1.807) is 6.07 Å². The van der Waals surface area contributed by atoms with Gasteiger partial charge in [0.2, 0.25) is 0 Å². The van der Waals surface area contributed by atoms with Crippen LogP contribution in [0.2, 0.25) is 0 Å². The number of rotatable bonds is 2. The maximum absolute atomic E-state index is 11.1. The molecule has 0 saturated carbocycles. The number of carboxylic acid groups (broad SMARTS) is 1. The van der Waals surface area contributed by atoms with E-state index in [9.17, 15) is 4.79 Å². The van der Waals surface area contributed by atoms with Gasteiger partial charge in [0, 0.05) is 4.47 Å². The lowest BCUT2D eigenvalue weighted by molar-refractivity contribution is 0.0680. The first kappa shape index (κ1) is 13.5. The van der Waals surface area contributed by atoms with Crippen molar-refractivity contribution in [3.8, 4) is 5.75 Å². The van der Waals surface area contributed by atoms with Gasteiger partial charge in [-0.1, -0.05) is 15.9 Å². The molecule has 1 N–H and O–H groups in total. The molecule has 1 aromatic carbocycles. The molecule has 0 saturated heterocycles. The fraction of sp³-hybridized carbons (Fsp3) is 0.364. The van der Waals surface area contributed by atoms with E-state index in [4.69, 9.17) is 9.84 Å². The summed E-state index contributed by atoms with van der Waals surface area (Å²) in [6.45, 7) is 5.60. The van der Waals surface area contributed by atoms with Crippen molar-refractivity contribution in [2.45, 2.75) is 26.4 Å². The number of halogens is 2. The van der Waals surface area contributed by atoms with Crippen molar-refractivity contribution in [2.75, 3.05) is 0 Å². The summed E-state index contributed by atoms with van der Waals surface area (Å²) in [6.07, 6.45) is 0. The van der Waals surface area contributed by atoms with E-state index in [0.29, 0.717) is 14.7 Å². The molecule has 0 radical (unpaired) electrons. The molecule has 0 amide bonds. The molecule has 0 spiro atoms. The van der Waals surface area contributed by atoms with Crippen LogP contribution in [0.3, 0.4) is 0 Å². The molecule has 0 aliphatic carbocycles. The van der Waals surface area contributed by atoms with E-state index in [-0.39, 0.29) is 5.56 Å². The summed E-state index contributed by atoms with van der Waals surface area (Å²) >= 11 is 6.55. The second-order valence-electron chi connectivity index (χ2n) is 4.28. The van der Waals surface area contributed by atoms with Gasteiger partial charge in [-0.25, -0.2) is 4.79 Å². The average molecular weight is 352 g/mol. The van der Waals surface area contributed by atoms with Crippen molar-refractivity contribution in [2.24, 2.45) is 0 Å². The van der Waals surface area contributed by atoms with Gasteiger partial charge in [0.05, 0.1) is 4.47 Å². The smallest absolute Gasteiger partial charge is 0.339 e. The van der Waals surface area contributed by atoms with Gasteiger partial charge in [-0.15, -0.1) is 0 Å². The van der Waals surface area contributed by atoms with Crippen molar-refractivity contribution < 1.29 is 14.6 Å².